The molecule has 0 saturated heterocycles. The number of ketones is 1. The third-order valence-electron chi connectivity index (χ3n) is 4.22. The van der Waals surface area contributed by atoms with Crippen LogP contribution in [0.1, 0.15) is 35.3 Å². The number of nitrogens with one attached hydrogen (secondary N) is 1. The van der Waals surface area contributed by atoms with Crippen molar-refractivity contribution in [2.45, 2.75) is 26.4 Å². The summed E-state index contributed by atoms with van der Waals surface area (Å²) in [6.45, 7) is 4.46. The summed E-state index contributed by atoms with van der Waals surface area (Å²) in [4.78, 5) is 12.5. The van der Waals surface area contributed by atoms with Crippen LogP contribution in [0.4, 0.5) is 5.69 Å². The topological polar surface area (TPSA) is 81.7 Å². The van der Waals surface area contributed by atoms with E-state index < -0.39 is 10.0 Å². The van der Waals surface area contributed by atoms with E-state index in [9.17, 15) is 13.2 Å². The van der Waals surface area contributed by atoms with E-state index in [1.807, 2.05) is 26.0 Å². The van der Waals surface area contributed by atoms with Gasteiger partial charge in [0.1, 0.15) is 17.6 Å². The number of carbonyl (C=O) groups excluding carboxylic acids is 1. The predicted octanol–water partition coefficient (Wildman–Crippen LogP) is 3.68. The second-order valence-electron chi connectivity index (χ2n) is 6.71. The lowest BCUT2D eigenvalue weighted by Crippen LogP contribution is -2.09. The summed E-state index contributed by atoms with van der Waals surface area (Å²) in [5, 5.41) is 0. The Morgan fingerprint density at radius 1 is 1.29 bits per heavy atom. The van der Waals surface area contributed by atoms with Crippen molar-refractivity contribution in [1.29, 1.82) is 0 Å². The predicted molar refractivity (Wildman–Crippen MR) is 110 cm³/mol. The Morgan fingerprint density at radius 3 is 2.64 bits per heavy atom. The van der Waals surface area contributed by atoms with E-state index >= 15 is 0 Å². The van der Waals surface area contributed by atoms with Gasteiger partial charge in [-0.05, 0) is 62.4 Å². The van der Waals surface area contributed by atoms with Gasteiger partial charge in [-0.2, -0.15) is 0 Å². The van der Waals surface area contributed by atoms with Crippen molar-refractivity contribution in [3.8, 4) is 11.5 Å². The quantitative estimate of drug-likeness (QED) is 0.565. The maximum Gasteiger partial charge on any atom is 0.229 e. The fourth-order valence-corrected chi connectivity index (χ4v) is 3.61. The molecule has 1 atom stereocenters. The first-order valence-electron chi connectivity index (χ1n) is 9.02. The van der Waals surface area contributed by atoms with Crippen LogP contribution in [0.3, 0.4) is 0 Å². The molecule has 148 valence electrons. The Kier molecular flexibility index (Phi) is 5.74. The Balaban J connectivity index is 1.79. The molecule has 0 spiro atoms. The van der Waals surface area contributed by atoms with E-state index in [0.29, 0.717) is 17.9 Å². The fourth-order valence-electron chi connectivity index (χ4n) is 3.04. The molecule has 0 aromatic heterocycles. The van der Waals surface area contributed by atoms with Crippen molar-refractivity contribution in [1.82, 2.24) is 0 Å². The van der Waals surface area contributed by atoms with Gasteiger partial charge in [-0.25, -0.2) is 8.42 Å². The number of anilines is 1. The Morgan fingerprint density at radius 2 is 2.00 bits per heavy atom. The highest BCUT2D eigenvalue weighted by Crippen LogP contribution is 2.35. The van der Waals surface area contributed by atoms with Crippen LogP contribution in [-0.4, -0.2) is 33.2 Å². The molecule has 2 aromatic rings. The number of carbonyl (C=O) groups is 1. The zero-order valence-corrected chi connectivity index (χ0v) is 16.9. The largest absolute Gasteiger partial charge is 0.493 e. The molecule has 0 radical (unpaired) electrons. The van der Waals surface area contributed by atoms with Crippen molar-refractivity contribution >= 4 is 27.6 Å². The molecule has 6 nitrogen and oxygen atoms in total. The highest BCUT2D eigenvalue weighted by molar-refractivity contribution is 7.92. The highest BCUT2D eigenvalue weighted by atomic mass is 32.2. The van der Waals surface area contributed by atoms with Crippen LogP contribution < -0.4 is 14.2 Å². The number of rotatable bonds is 7. The van der Waals surface area contributed by atoms with Crippen LogP contribution in [0, 0.1) is 0 Å². The number of allylic oxidation sites excluding steroid dienone is 1. The van der Waals surface area contributed by atoms with Crippen LogP contribution in [0.2, 0.25) is 0 Å². The SMILES string of the molecule is CCOc1cc2c(cc1C=CC(=O)c1ccc(NS(C)(=O)=O)cc1)OC(C)C2. The monoisotopic (exact) mass is 401 g/mol. The standard InChI is InChI=1S/C21H23NO5S/c1-4-26-20-13-17-11-14(2)27-21(17)12-16(20)7-10-19(23)15-5-8-18(9-6-15)22-28(3,24)25/h5-10,12-14,22H,4,11H2,1-3H3. The molecule has 0 saturated carbocycles. The van der Waals surface area contributed by atoms with Crippen molar-refractivity contribution in [2.75, 3.05) is 17.6 Å². The molecule has 1 heterocycles. The van der Waals surface area contributed by atoms with Gasteiger partial charge in [0.2, 0.25) is 10.0 Å². The molecule has 0 bridgehead atoms. The minimum Gasteiger partial charge on any atom is -0.493 e. The van der Waals surface area contributed by atoms with Crippen LogP contribution >= 0.6 is 0 Å². The van der Waals surface area contributed by atoms with Crippen LogP contribution in [0.25, 0.3) is 6.08 Å². The molecule has 1 aliphatic heterocycles. The van der Waals surface area contributed by atoms with Crippen molar-refractivity contribution in [2.24, 2.45) is 0 Å². The Hall–Kier alpha value is -2.80. The lowest BCUT2D eigenvalue weighted by molar-refractivity contribution is 0.104. The van der Waals surface area contributed by atoms with Gasteiger partial charge >= 0.3 is 0 Å². The molecule has 1 N–H and O–H groups in total. The first-order valence-corrected chi connectivity index (χ1v) is 10.9. The first-order chi connectivity index (χ1) is 13.2. The summed E-state index contributed by atoms with van der Waals surface area (Å²) in [5.41, 5.74) is 2.75. The third-order valence-corrected chi connectivity index (χ3v) is 4.82. The van der Waals surface area contributed by atoms with Gasteiger partial charge in [-0.1, -0.05) is 0 Å². The fraction of sp³-hybridized carbons (Fsp3) is 0.286. The summed E-state index contributed by atoms with van der Waals surface area (Å²) < 4.78 is 36.4. The second-order valence-corrected chi connectivity index (χ2v) is 8.46. The van der Waals surface area contributed by atoms with Crippen LogP contribution in [0.15, 0.2) is 42.5 Å². The molecule has 1 unspecified atom stereocenters. The molecular formula is C21H23NO5S. The van der Waals surface area contributed by atoms with E-state index in [0.717, 1.165) is 35.3 Å². The number of benzene rings is 2. The summed E-state index contributed by atoms with van der Waals surface area (Å²) in [6, 6.07) is 10.1. The van der Waals surface area contributed by atoms with Gasteiger partial charge in [0, 0.05) is 28.8 Å². The maximum atomic E-state index is 12.5. The lowest BCUT2D eigenvalue weighted by Gasteiger charge is -2.10. The van der Waals surface area contributed by atoms with E-state index in [1.165, 1.54) is 6.08 Å². The van der Waals surface area contributed by atoms with E-state index in [-0.39, 0.29) is 11.9 Å². The van der Waals surface area contributed by atoms with E-state index in [4.69, 9.17) is 9.47 Å². The van der Waals surface area contributed by atoms with Gasteiger partial charge in [0.25, 0.3) is 0 Å². The minimum atomic E-state index is -3.35. The number of hydrogen-bond acceptors (Lipinski definition) is 5. The van der Waals surface area contributed by atoms with Gasteiger partial charge in [-0.3, -0.25) is 9.52 Å². The normalized spacial score (nSPS) is 15.9. The van der Waals surface area contributed by atoms with Crippen LogP contribution in [-0.2, 0) is 16.4 Å². The maximum absolute atomic E-state index is 12.5. The summed E-state index contributed by atoms with van der Waals surface area (Å²) in [7, 11) is -3.35. The van der Waals surface area contributed by atoms with Crippen LogP contribution in [0.5, 0.6) is 11.5 Å². The molecule has 7 heteroatoms. The van der Waals surface area contributed by atoms with Gasteiger partial charge in [-0.15, -0.1) is 0 Å². The van der Waals surface area contributed by atoms with E-state index in [1.54, 1.807) is 30.3 Å². The summed E-state index contributed by atoms with van der Waals surface area (Å²) >= 11 is 0. The number of sulfonamides is 1. The molecular weight excluding hydrogens is 378 g/mol. The molecule has 3 rings (SSSR count). The Labute approximate surface area is 165 Å². The van der Waals surface area contributed by atoms with Gasteiger partial charge in [0.05, 0.1) is 12.9 Å². The van der Waals surface area contributed by atoms with Gasteiger partial charge in [0.15, 0.2) is 5.78 Å². The zero-order valence-electron chi connectivity index (χ0n) is 16.1. The van der Waals surface area contributed by atoms with Gasteiger partial charge < -0.3 is 9.47 Å². The number of ether oxygens (including phenoxy) is 2. The first kappa shape index (κ1) is 19.9. The zero-order chi connectivity index (χ0) is 20.3. The number of fused-ring (bicyclic) bond motifs is 1. The van der Waals surface area contributed by atoms with Crippen molar-refractivity contribution < 1.29 is 22.7 Å². The summed E-state index contributed by atoms with van der Waals surface area (Å²) in [5.74, 6) is 1.35. The average molecular weight is 401 g/mol. The van der Waals surface area contributed by atoms with Crippen molar-refractivity contribution in [3.05, 3.63) is 59.2 Å². The molecule has 28 heavy (non-hydrogen) atoms. The van der Waals surface area contributed by atoms with Crippen molar-refractivity contribution in [3.63, 3.8) is 0 Å². The second kappa shape index (κ2) is 8.06. The summed E-state index contributed by atoms with van der Waals surface area (Å²) in [6.07, 6.45) is 5.23. The number of hydrogen-bond donors (Lipinski definition) is 1. The van der Waals surface area contributed by atoms with E-state index in [2.05, 4.69) is 4.72 Å². The molecule has 0 fully saturated rings. The molecule has 0 aliphatic carbocycles. The molecule has 1 aliphatic rings. The highest BCUT2D eigenvalue weighted by Gasteiger charge is 2.21. The average Bonchev–Trinajstić information content (AvgIpc) is 2.98. The smallest absolute Gasteiger partial charge is 0.229 e. The third kappa shape index (κ3) is 4.92. The Bertz CT molecular complexity index is 1010. The molecule has 2 aromatic carbocycles. The lowest BCUT2D eigenvalue weighted by atomic mass is 10.0. The minimum absolute atomic E-state index is 0.129. The molecule has 0 amide bonds.